The molecule has 1 N–H and O–H groups in total. The van der Waals surface area contributed by atoms with Crippen LogP contribution in [0.2, 0.25) is 0 Å². The minimum absolute atomic E-state index is 0.0709. The summed E-state index contributed by atoms with van der Waals surface area (Å²) in [6, 6.07) is 3.49. The molecule has 2 rings (SSSR count). The zero-order valence-electron chi connectivity index (χ0n) is 10.6. The summed E-state index contributed by atoms with van der Waals surface area (Å²) < 4.78 is 26.5. The highest BCUT2D eigenvalue weighted by atomic mass is 32.1. The van der Waals surface area contributed by atoms with Gasteiger partial charge < -0.3 is 0 Å². The second-order valence-electron chi connectivity index (χ2n) is 3.96. The number of rotatable bonds is 4. The van der Waals surface area contributed by atoms with Crippen LogP contribution in [0.15, 0.2) is 28.7 Å². The first-order chi connectivity index (χ1) is 9.56. The number of aromatic nitrogens is 1. The van der Waals surface area contributed by atoms with E-state index in [1.54, 1.807) is 5.38 Å². The molecule has 1 heterocycles. The molecule has 0 fully saturated rings. The smallest absolute Gasteiger partial charge is 0.246 e. The number of hydrogen-bond acceptors (Lipinski definition) is 4. The molecule has 0 saturated heterocycles. The number of nitrogens with one attached hydrogen (secondary N) is 1. The summed E-state index contributed by atoms with van der Waals surface area (Å²) in [5.74, 6) is -1.88. The first-order valence-electron chi connectivity index (χ1n) is 5.73. The molecular formula is C13H11F2N3OS. The van der Waals surface area contributed by atoms with E-state index in [2.05, 4.69) is 15.5 Å². The van der Waals surface area contributed by atoms with Gasteiger partial charge in [0, 0.05) is 5.38 Å². The molecule has 0 aliphatic heterocycles. The summed E-state index contributed by atoms with van der Waals surface area (Å²) in [6.45, 7) is 1.84. The lowest BCUT2D eigenvalue weighted by molar-refractivity contribution is -0.120. The van der Waals surface area contributed by atoms with Crippen LogP contribution >= 0.6 is 11.3 Å². The van der Waals surface area contributed by atoms with Crippen molar-refractivity contribution >= 4 is 23.5 Å². The van der Waals surface area contributed by atoms with Gasteiger partial charge in [0.2, 0.25) is 5.91 Å². The number of carbonyl (C=O) groups is 1. The topological polar surface area (TPSA) is 54.4 Å². The molecular weight excluding hydrogens is 284 g/mol. The van der Waals surface area contributed by atoms with Crippen LogP contribution in [0.25, 0.3) is 0 Å². The first kappa shape index (κ1) is 14.3. The van der Waals surface area contributed by atoms with E-state index in [-0.39, 0.29) is 12.0 Å². The van der Waals surface area contributed by atoms with Crippen LogP contribution in [0.1, 0.15) is 16.3 Å². The second-order valence-corrected chi connectivity index (χ2v) is 5.03. The quantitative estimate of drug-likeness (QED) is 0.695. The lowest BCUT2D eigenvalue weighted by Gasteiger charge is -1.99. The van der Waals surface area contributed by atoms with Gasteiger partial charge in [-0.3, -0.25) is 4.79 Å². The summed E-state index contributed by atoms with van der Waals surface area (Å²) in [6.07, 6.45) is 1.01. The Balaban J connectivity index is 1.94. The van der Waals surface area contributed by atoms with Gasteiger partial charge in [-0.15, -0.1) is 11.3 Å². The molecule has 1 aromatic carbocycles. The number of amides is 1. The Morgan fingerprint density at radius 1 is 1.45 bits per heavy atom. The van der Waals surface area contributed by atoms with Crippen LogP contribution in [0.5, 0.6) is 0 Å². The lowest BCUT2D eigenvalue weighted by atomic mass is 10.2. The SMILES string of the molecule is Cc1nc(CC(=O)NN=Cc2c(F)cccc2F)cs1. The number of nitrogens with zero attached hydrogens (tertiary/aromatic N) is 2. The van der Waals surface area contributed by atoms with Crippen LogP contribution in [0, 0.1) is 18.6 Å². The molecule has 0 aliphatic carbocycles. The number of benzene rings is 1. The Hall–Kier alpha value is -2.15. The molecule has 0 aliphatic rings. The van der Waals surface area contributed by atoms with Crippen molar-refractivity contribution in [2.75, 3.05) is 0 Å². The standard InChI is InChI=1S/C13H11F2N3OS/c1-8-17-9(7-20-8)5-13(19)18-16-6-10-11(14)3-2-4-12(10)15/h2-4,6-7H,5H2,1H3,(H,18,19). The highest BCUT2D eigenvalue weighted by Gasteiger charge is 2.07. The van der Waals surface area contributed by atoms with Gasteiger partial charge >= 0.3 is 0 Å². The van der Waals surface area contributed by atoms with Gasteiger partial charge in [-0.1, -0.05) is 6.07 Å². The van der Waals surface area contributed by atoms with Gasteiger partial charge in [-0.05, 0) is 19.1 Å². The summed E-state index contributed by atoms with van der Waals surface area (Å²) in [5.41, 5.74) is 2.55. The third kappa shape index (κ3) is 3.67. The minimum atomic E-state index is -0.738. The zero-order valence-corrected chi connectivity index (χ0v) is 11.4. The monoisotopic (exact) mass is 295 g/mol. The van der Waals surface area contributed by atoms with Crippen molar-refractivity contribution in [1.29, 1.82) is 0 Å². The highest BCUT2D eigenvalue weighted by Crippen LogP contribution is 2.09. The number of hydrazone groups is 1. The first-order valence-corrected chi connectivity index (χ1v) is 6.61. The van der Waals surface area contributed by atoms with Crippen molar-refractivity contribution in [3.8, 4) is 0 Å². The van der Waals surface area contributed by atoms with E-state index < -0.39 is 17.5 Å². The molecule has 104 valence electrons. The van der Waals surface area contributed by atoms with Gasteiger partial charge in [0.25, 0.3) is 0 Å². The van der Waals surface area contributed by atoms with Crippen molar-refractivity contribution in [2.45, 2.75) is 13.3 Å². The number of hydrogen-bond donors (Lipinski definition) is 1. The Labute approximate surface area is 118 Å². The molecule has 1 amide bonds. The largest absolute Gasteiger partial charge is 0.273 e. The maximum atomic E-state index is 13.3. The van der Waals surface area contributed by atoms with Crippen LogP contribution in [-0.2, 0) is 11.2 Å². The van der Waals surface area contributed by atoms with Gasteiger partial charge in [0.15, 0.2) is 0 Å². The maximum Gasteiger partial charge on any atom is 0.246 e. The third-order valence-electron chi connectivity index (χ3n) is 2.39. The Morgan fingerprint density at radius 2 is 2.15 bits per heavy atom. The Kier molecular flexibility index (Phi) is 4.52. The van der Waals surface area contributed by atoms with Crippen molar-refractivity contribution in [1.82, 2.24) is 10.4 Å². The van der Waals surface area contributed by atoms with E-state index in [1.165, 1.54) is 17.4 Å². The predicted octanol–water partition coefficient (Wildman–Crippen LogP) is 2.42. The molecule has 7 heteroatoms. The molecule has 2 aromatic rings. The summed E-state index contributed by atoms with van der Waals surface area (Å²) >= 11 is 1.44. The average molecular weight is 295 g/mol. The van der Waals surface area contributed by atoms with Gasteiger partial charge in [-0.2, -0.15) is 5.10 Å². The van der Waals surface area contributed by atoms with Crippen molar-refractivity contribution in [3.63, 3.8) is 0 Å². The lowest BCUT2D eigenvalue weighted by Crippen LogP contribution is -2.20. The molecule has 0 unspecified atom stereocenters. The van der Waals surface area contributed by atoms with Crippen LogP contribution in [0.3, 0.4) is 0 Å². The number of halogens is 2. The molecule has 0 saturated carbocycles. The average Bonchev–Trinajstić information content (AvgIpc) is 2.78. The fourth-order valence-corrected chi connectivity index (χ4v) is 2.11. The molecule has 0 bridgehead atoms. The Bertz CT molecular complexity index is 635. The Morgan fingerprint density at radius 3 is 2.75 bits per heavy atom. The van der Waals surface area contributed by atoms with Gasteiger partial charge in [0.1, 0.15) is 11.6 Å². The van der Waals surface area contributed by atoms with E-state index in [4.69, 9.17) is 0 Å². The second kappa shape index (κ2) is 6.33. The number of carbonyl (C=O) groups excluding carboxylic acids is 1. The van der Waals surface area contributed by atoms with Crippen molar-refractivity contribution in [3.05, 3.63) is 51.5 Å². The van der Waals surface area contributed by atoms with Gasteiger partial charge in [0.05, 0.1) is 28.9 Å². The van der Waals surface area contributed by atoms with Crippen LogP contribution in [-0.4, -0.2) is 17.1 Å². The molecule has 1 aromatic heterocycles. The third-order valence-corrected chi connectivity index (χ3v) is 3.21. The number of aryl methyl sites for hydroxylation is 1. The van der Waals surface area contributed by atoms with Crippen molar-refractivity contribution in [2.24, 2.45) is 5.10 Å². The van der Waals surface area contributed by atoms with E-state index in [0.29, 0.717) is 5.69 Å². The van der Waals surface area contributed by atoms with E-state index in [1.807, 2.05) is 6.92 Å². The fourth-order valence-electron chi connectivity index (χ4n) is 1.50. The summed E-state index contributed by atoms with van der Waals surface area (Å²) in [4.78, 5) is 15.7. The molecule has 0 spiro atoms. The van der Waals surface area contributed by atoms with Crippen LogP contribution < -0.4 is 5.43 Å². The number of thiazole rings is 1. The predicted molar refractivity (Wildman–Crippen MR) is 72.6 cm³/mol. The van der Waals surface area contributed by atoms with Crippen LogP contribution in [0.4, 0.5) is 8.78 Å². The molecule has 0 atom stereocenters. The normalized spacial score (nSPS) is 10.9. The highest BCUT2D eigenvalue weighted by molar-refractivity contribution is 7.09. The fraction of sp³-hybridized carbons (Fsp3) is 0.154. The summed E-state index contributed by atoms with van der Waals surface area (Å²) in [5, 5.41) is 6.18. The zero-order chi connectivity index (χ0) is 14.5. The summed E-state index contributed by atoms with van der Waals surface area (Å²) in [7, 11) is 0. The van der Waals surface area contributed by atoms with E-state index in [0.717, 1.165) is 23.4 Å². The minimum Gasteiger partial charge on any atom is -0.273 e. The molecule has 20 heavy (non-hydrogen) atoms. The van der Waals surface area contributed by atoms with E-state index in [9.17, 15) is 13.6 Å². The van der Waals surface area contributed by atoms with Gasteiger partial charge in [-0.25, -0.2) is 19.2 Å². The molecule has 0 radical (unpaired) electrons. The van der Waals surface area contributed by atoms with E-state index >= 15 is 0 Å². The molecule has 4 nitrogen and oxygen atoms in total. The van der Waals surface area contributed by atoms with Crippen molar-refractivity contribution < 1.29 is 13.6 Å². The maximum absolute atomic E-state index is 13.3.